The van der Waals surface area contributed by atoms with E-state index in [4.69, 9.17) is 27.9 Å². The van der Waals surface area contributed by atoms with E-state index in [1.54, 1.807) is 18.2 Å². The van der Waals surface area contributed by atoms with Crippen LogP contribution in [0.15, 0.2) is 78.9 Å². The number of carbonyl (C=O) groups excluding carboxylic acids is 1. The molecule has 2 aliphatic rings. The van der Waals surface area contributed by atoms with Gasteiger partial charge in [0.15, 0.2) is 0 Å². The number of esters is 1. The van der Waals surface area contributed by atoms with Gasteiger partial charge in [-0.05, 0) is 49.2 Å². The molecule has 0 N–H and O–H groups in total. The molecule has 0 aromatic heterocycles. The molecule has 3 aromatic carbocycles. The van der Waals surface area contributed by atoms with Gasteiger partial charge in [0, 0.05) is 34.0 Å². The maximum atomic E-state index is 13.3. The van der Waals surface area contributed by atoms with E-state index in [1.165, 1.54) is 11.1 Å². The molecule has 0 amide bonds. The summed E-state index contributed by atoms with van der Waals surface area (Å²) in [6, 6.07) is 26.4. The van der Waals surface area contributed by atoms with Crippen molar-refractivity contribution in [2.75, 3.05) is 7.05 Å². The molecular weight excluding hydrogens is 453 g/mol. The number of fused-ring (bicyclic) bond motifs is 2. The van der Waals surface area contributed by atoms with Gasteiger partial charge in [-0.3, -0.25) is 4.90 Å². The van der Waals surface area contributed by atoms with Crippen molar-refractivity contribution in [2.24, 2.45) is 11.8 Å². The van der Waals surface area contributed by atoms with Crippen molar-refractivity contribution in [3.63, 3.8) is 0 Å². The van der Waals surface area contributed by atoms with Crippen molar-refractivity contribution in [1.29, 1.82) is 0 Å². The molecule has 1 saturated heterocycles. The summed E-state index contributed by atoms with van der Waals surface area (Å²) in [5.74, 6) is 0.0777. The van der Waals surface area contributed by atoms with Crippen LogP contribution in [0.4, 0.5) is 0 Å². The van der Waals surface area contributed by atoms with Crippen molar-refractivity contribution in [3.05, 3.63) is 106 Å². The Balaban J connectivity index is 1.55. The van der Waals surface area contributed by atoms with E-state index >= 15 is 0 Å². The van der Waals surface area contributed by atoms with Crippen LogP contribution in [-0.4, -0.2) is 24.0 Å². The number of nitrogens with zero attached hydrogens (tertiary/aromatic N) is 1. The van der Waals surface area contributed by atoms with E-state index in [-0.39, 0.29) is 36.0 Å². The van der Waals surface area contributed by atoms with Crippen molar-refractivity contribution in [1.82, 2.24) is 4.90 Å². The van der Waals surface area contributed by atoms with E-state index < -0.39 is 0 Å². The highest BCUT2D eigenvalue weighted by Crippen LogP contribution is 2.54. The Labute approximate surface area is 205 Å². The van der Waals surface area contributed by atoms with Gasteiger partial charge in [0.2, 0.25) is 0 Å². The Bertz CT molecular complexity index is 1050. The Kier molecular flexibility index (Phi) is 6.47. The van der Waals surface area contributed by atoms with Gasteiger partial charge in [-0.1, -0.05) is 90.3 Å². The minimum atomic E-state index is -0.357. The lowest BCUT2D eigenvalue weighted by atomic mass is 9.65. The van der Waals surface area contributed by atoms with Gasteiger partial charge in [-0.15, -0.1) is 0 Å². The first-order chi connectivity index (χ1) is 16.0. The normalized spacial score (nSPS) is 27.2. The fourth-order valence-corrected chi connectivity index (χ4v) is 6.52. The molecule has 1 saturated carbocycles. The minimum Gasteiger partial charge on any atom is -0.458 e. The van der Waals surface area contributed by atoms with Gasteiger partial charge in [0.05, 0.1) is 5.56 Å². The molecule has 3 nitrogen and oxygen atoms in total. The van der Waals surface area contributed by atoms with Gasteiger partial charge in [0.1, 0.15) is 6.10 Å². The number of carbonyl (C=O) groups is 1. The SMILES string of the molecule is CN1[C@H](c2ccccc2)[C@@H]2CCC[C@@H](C2OC(=O)c2cc(Cl)cc(Cl)c2)[C@@H]1c1ccccc1. The average Bonchev–Trinajstić information content (AvgIpc) is 2.81. The lowest BCUT2D eigenvalue weighted by molar-refractivity contribution is -0.118. The zero-order valence-corrected chi connectivity index (χ0v) is 20.0. The Morgan fingerprint density at radius 2 is 1.30 bits per heavy atom. The highest BCUT2D eigenvalue weighted by atomic mass is 35.5. The number of rotatable bonds is 4. The molecule has 0 spiro atoms. The van der Waals surface area contributed by atoms with Crippen LogP contribution in [0.25, 0.3) is 0 Å². The largest absolute Gasteiger partial charge is 0.458 e. The van der Waals surface area contributed by atoms with Gasteiger partial charge in [-0.2, -0.15) is 0 Å². The number of hydrogen-bond acceptors (Lipinski definition) is 3. The molecule has 1 aliphatic heterocycles. The average molecular weight is 480 g/mol. The first-order valence-electron chi connectivity index (χ1n) is 11.5. The second-order valence-corrected chi connectivity index (χ2v) is 10.0. The molecule has 5 rings (SSSR count). The standard InChI is InChI=1S/C28H27Cl2NO2/c1-31-25(18-9-4-2-5-10-18)23-13-8-14-24(26(31)19-11-6-3-7-12-19)27(23)33-28(32)20-15-21(29)17-22(30)16-20/h2-7,9-12,15-17,23-27H,8,13-14H2,1H3/t23-,24+,25+,26-,27?. The van der Waals surface area contributed by atoms with E-state index in [9.17, 15) is 4.79 Å². The van der Waals surface area contributed by atoms with Crippen LogP contribution in [0, 0.1) is 11.8 Å². The fraction of sp³-hybridized carbons (Fsp3) is 0.321. The number of halogens is 2. The summed E-state index contributed by atoms with van der Waals surface area (Å²) in [5.41, 5.74) is 2.92. The van der Waals surface area contributed by atoms with Crippen LogP contribution >= 0.6 is 23.2 Å². The molecule has 2 fully saturated rings. The summed E-state index contributed by atoms with van der Waals surface area (Å²) < 4.78 is 6.32. The summed E-state index contributed by atoms with van der Waals surface area (Å²) in [6.45, 7) is 0. The van der Waals surface area contributed by atoms with Crippen LogP contribution in [0.1, 0.15) is 52.8 Å². The molecule has 2 bridgehead atoms. The molecule has 3 aromatic rings. The number of hydrogen-bond donors (Lipinski definition) is 0. The van der Waals surface area contributed by atoms with Gasteiger partial charge >= 0.3 is 5.97 Å². The molecule has 33 heavy (non-hydrogen) atoms. The molecule has 5 heteroatoms. The summed E-state index contributed by atoms with van der Waals surface area (Å²) in [6.07, 6.45) is 3.00. The summed E-state index contributed by atoms with van der Waals surface area (Å²) in [5, 5.41) is 0.865. The zero-order valence-electron chi connectivity index (χ0n) is 18.5. The van der Waals surface area contributed by atoms with E-state index in [2.05, 4.69) is 60.5 Å². The smallest absolute Gasteiger partial charge is 0.338 e. The number of ether oxygens (including phenoxy) is 1. The summed E-state index contributed by atoms with van der Waals surface area (Å²) in [7, 11) is 2.22. The van der Waals surface area contributed by atoms with Crippen LogP contribution in [0.2, 0.25) is 10.0 Å². The maximum absolute atomic E-state index is 13.3. The van der Waals surface area contributed by atoms with E-state index in [1.807, 2.05) is 12.1 Å². The molecule has 5 atom stereocenters. The molecular formula is C28H27Cl2NO2. The first kappa shape index (κ1) is 22.5. The highest BCUT2D eigenvalue weighted by Gasteiger charge is 2.52. The van der Waals surface area contributed by atoms with Crippen LogP contribution in [0.5, 0.6) is 0 Å². The Morgan fingerprint density at radius 1 is 0.818 bits per heavy atom. The molecule has 0 radical (unpaired) electrons. The van der Waals surface area contributed by atoms with Crippen molar-refractivity contribution < 1.29 is 9.53 Å². The topological polar surface area (TPSA) is 29.5 Å². The third kappa shape index (κ3) is 4.42. The lowest BCUT2D eigenvalue weighted by Gasteiger charge is -2.55. The lowest BCUT2D eigenvalue weighted by Crippen LogP contribution is -2.54. The molecule has 1 heterocycles. The van der Waals surface area contributed by atoms with E-state index in [0.717, 1.165) is 19.3 Å². The van der Waals surface area contributed by atoms with Crippen molar-refractivity contribution in [3.8, 4) is 0 Å². The van der Waals surface area contributed by atoms with E-state index in [0.29, 0.717) is 15.6 Å². The zero-order chi connectivity index (χ0) is 22.9. The second-order valence-electron chi connectivity index (χ2n) is 9.16. The second kappa shape index (κ2) is 9.50. The predicted octanol–water partition coefficient (Wildman–Crippen LogP) is 7.36. The van der Waals surface area contributed by atoms with Crippen LogP contribution in [0.3, 0.4) is 0 Å². The third-order valence-corrected chi connectivity index (χ3v) is 7.67. The molecule has 1 aliphatic carbocycles. The Hall–Kier alpha value is -2.33. The minimum absolute atomic E-state index is 0.161. The quantitative estimate of drug-likeness (QED) is 0.366. The number of benzene rings is 3. The van der Waals surface area contributed by atoms with Crippen molar-refractivity contribution >= 4 is 29.2 Å². The van der Waals surface area contributed by atoms with Crippen LogP contribution < -0.4 is 0 Å². The number of piperidine rings is 1. The maximum Gasteiger partial charge on any atom is 0.338 e. The first-order valence-corrected chi connectivity index (χ1v) is 12.3. The van der Waals surface area contributed by atoms with Gasteiger partial charge in [0.25, 0.3) is 0 Å². The van der Waals surface area contributed by atoms with Gasteiger partial charge in [-0.25, -0.2) is 4.79 Å². The Morgan fingerprint density at radius 3 is 1.79 bits per heavy atom. The molecule has 1 unspecified atom stereocenters. The predicted molar refractivity (Wildman–Crippen MR) is 133 cm³/mol. The number of likely N-dealkylation sites (tertiary alicyclic amines) is 1. The fourth-order valence-electron chi connectivity index (χ4n) is 5.99. The molecule has 170 valence electrons. The summed E-state index contributed by atoms with van der Waals surface area (Å²) in [4.78, 5) is 15.8. The third-order valence-electron chi connectivity index (χ3n) is 7.23. The van der Waals surface area contributed by atoms with Crippen molar-refractivity contribution in [2.45, 2.75) is 37.5 Å². The van der Waals surface area contributed by atoms with Gasteiger partial charge < -0.3 is 4.74 Å². The highest BCUT2D eigenvalue weighted by molar-refractivity contribution is 6.35. The monoisotopic (exact) mass is 479 g/mol. The van der Waals surface area contributed by atoms with Crippen LogP contribution in [-0.2, 0) is 4.74 Å². The summed E-state index contributed by atoms with van der Waals surface area (Å²) >= 11 is 12.3.